The molecule has 3 unspecified atom stereocenters. The summed E-state index contributed by atoms with van der Waals surface area (Å²) >= 11 is 0. The smallest absolute Gasteiger partial charge is 0.0940 e. The molecule has 1 N–H and O–H groups in total. The maximum absolute atomic E-state index is 10.5. The lowest BCUT2D eigenvalue weighted by Gasteiger charge is -2.39. The number of benzene rings is 1. The minimum atomic E-state index is -0.199. The third kappa shape index (κ3) is 3.85. The van der Waals surface area contributed by atoms with Crippen LogP contribution >= 0.6 is 0 Å². The first-order valence-corrected chi connectivity index (χ1v) is 8.21. The predicted octanol–water partition coefficient (Wildman–Crippen LogP) is 2.96. The zero-order valence-corrected chi connectivity index (χ0v) is 12.7. The highest BCUT2D eigenvalue weighted by Crippen LogP contribution is 2.37. The number of rotatable bonds is 5. The van der Waals surface area contributed by atoms with Crippen LogP contribution in [-0.2, 0) is 15.9 Å². The van der Waals surface area contributed by atoms with Crippen molar-refractivity contribution in [1.82, 2.24) is 0 Å². The van der Waals surface area contributed by atoms with E-state index in [1.54, 1.807) is 0 Å². The lowest BCUT2D eigenvalue weighted by molar-refractivity contribution is -0.117. The van der Waals surface area contributed by atoms with Crippen LogP contribution in [0.1, 0.15) is 37.7 Å². The van der Waals surface area contributed by atoms with E-state index in [2.05, 4.69) is 24.3 Å². The van der Waals surface area contributed by atoms with E-state index in [4.69, 9.17) is 9.47 Å². The quantitative estimate of drug-likeness (QED) is 0.906. The molecular formula is C18H26O3. The SMILES string of the molecule is OC(CCCc1ccccc1)C1CCOC2(CCOC2)C1. The standard InChI is InChI=1S/C18H26O3/c19-17(8-4-7-15-5-2-1-3-6-15)16-9-11-21-18(13-16)10-12-20-14-18/h1-3,5-6,16-17,19H,4,7-14H2. The summed E-state index contributed by atoms with van der Waals surface area (Å²) in [5, 5.41) is 10.5. The molecule has 3 heteroatoms. The molecule has 0 saturated carbocycles. The second-order valence-electron chi connectivity index (χ2n) is 6.53. The fraction of sp³-hybridized carbons (Fsp3) is 0.667. The van der Waals surface area contributed by atoms with Gasteiger partial charge in [0.2, 0.25) is 0 Å². The number of ether oxygens (including phenoxy) is 2. The average molecular weight is 290 g/mol. The lowest BCUT2D eigenvalue weighted by Crippen LogP contribution is -2.43. The Morgan fingerprint density at radius 1 is 1.24 bits per heavy atom. The molecule has 1 aromatic rings. The highest BCUT2D eigenvalue weighted by atomic mass is 16.6. The molecule has 0 bridgehead atoms. The zero-order chi connectivity index (χ0) is 14.5. The van der Waals surface area contributed by atoms with Gasteiger partial charge < -0.3 is 14.6 Å². The first-order valence-electron chi connectivity index (χ1n) is 8.21. The monoisotopic (exact) mass is 290 g/mol. The van der Waals surface area contributed by atoms with Crippen LogP contribution in [0.4, 0.5) is 0 Å². The van der Waals surface area contributed by atoms with Crippen LogP contribution in [0, 0.1) is 5.92 Å². The van der Waals surface area contributed by atoms with E-state index < -0.39 is 0 Å². The summed E-state index contributed by atoms with van der Waals surface area (Å²) in [4.78, 5) is 0. The van der Waals surface area contributed by atoms with Crippen molar-refractivity contribution in [1.29, 1.82) is 0 Å². The Hall–Kier alpha value is -0.900. The van der Waals surface area contributed by atoms with Crippen molar-refractivity contribution in [3.8, 4) is 0 Å². The molecule has 2 aliphatic rings. The van der Waals surface area contributed by atoms with Crippen molar-refractivity contribution in [3.05, 3.63) is 35.9 Å². The molecule has 2 aliphatic heterocycles. The van der Waals surface area contributed by atoms with Crippen LogP contribution in [0.2, 0.25) is 0 Å². The largest absolute Gasteiger partial charge is 0.393 e. The molecule has 0 aliphatic carbocycles. The molecule has 0 radical (unpaired) electrons. The van der Waals surface area contributed by atoms with Crippen molar-refractivity contribution in [2.24, 2.45) is 5.92 Å². The van der Waals surface area contributed by atoms with Gasteiger partial charge in [0.1, 0.15) is 0 Å². The second-order valence-corrected chi connectivity index (χ2v) is 6.53. The molecule has 1 aromatic carbocycles. The van der Waals surface area contributed by atoms with Crippen LogP contribution in [0.25, 0.3) is 0 Å². The summed E-state index contributed by atoms with van der Waals surface area (Å²) in [7, 11) is 0. The number of hydrogen-bond donors (Lipinski definition) is 1. The Morgan fingerprint density at radius 3 is 2.86 bits per heavy atom. The molecule has 2 saturated heterocycles. The Bertz CT molecular complexity index is 425. The zero-order valence-electron chi connectivity index (χ0n) is 12.7. The van der Waals surface area contributed by atoms with Gasteiger partial charge in [0.15, 0.2) is 0 Å². The van der Waals surface area contributed by atoms with E-state index >= 15 is 0 Å². The van der Waals surface area contributed by atoms with Crippen molar-refractivity contribution >= 4 is 0 Å². The molecule has 116 valence electrons. The lowest BCUT2D eigenvalue weighted by atomic mass is 9.81. The van der Waals surface area contributed by atoms with Gasteiger partial charge >= 0.3 is 0 Å². The van der Waals surface area contributed by atoms with Gasteiger partial charge in [-0.25, -0.2) is 0 Å². The summed E-state index contributed by atoms with van der Waals surface area (Å²) in [6, 6.07) is 10.5. The van der Waals surface area contributed by atoms with Crippen LogP contribution in [-0.4, -0.2) is 36.6 Å². The Kier molecular flexibility index (Phi) is 4.94. The maximum atomic E-state index is 10.5. The Balaban J connectivity index is 1.45. The second kappa shape index (κ2) is 6.91. The van der Waals surface area contributed by atoms with Crippen molar-refractivity contribution in [2.45, 2.75) is 50.2 Å². The molecule has 3 nitrogen and oxygen atoms in total. The third-order valence-electron chi connectivity index (χ3n) is 4.95. The molecule has 0 aromatic heterocycles. The predicted molar refractivity (Wildman–Crippen MR) is 82.2 cm³/mol. The van der Waals surface area contributed by atoms with Gasteiger partial charge in [-0.1, -0.05) is 30.3 Å². The van der Waals surface area contributed by atoms with E-state index in [0.717, 1.165) is 51.7 Å². The van der Waals surface area contributed by atoms with Crippen LogP contribution in [0.15, 0.2) is 30.3 Å². The van der Waals surface area contributed by atoms with Gasteiger partial charge in [0.25, 0.3) is 0 Å². The number of aryl methyl sites for hydroxylation is 1. The number of aliphatic hydroxyl groups is 1. The molecule has 21 heavy (non-hydrogen) atoms. The summed E-state index contributed by atoms with van der Waals surface area (Å²) < 4.78 is 11.4. The Morgan fingerprint density at radius 2 is 2.10 bits per heavy atom. The highest BCUT2D eigenvalue weighted by molar-refractivity contribution is 5.14. The molecule has 3 atom stereocenters. The molecule has 2 heterocycles. The van der Waals surface area contributed by atoms with E-state index in [1.807, 2.05) is 6.07 Å². The van der Waals surface area contributed by atoms with Gasteiger partial charge in [0.05, 0.1) is 18.3 Å². The average Bonchev–Trinajstić information content (AvgIpc) is 2.96. The summed E-state index contributed by atoms with van der Waals surface area (Å²) in [6.07, 6.45) is 5.71. The van der Waals surface area contributed by atoms with Crippen molar-refractivity contribution in [2.75, 3.05) is 19.8 Å². The van der Waals surface area contributed by atoms with Crippen LogP contribution < -0.4 is 0 Å². The van der Waals surface area contributed by atoms with E-state index in [9.17, 15) is 5.11 Å². The fourth-order valence-corrected chi connectivity index (χ4v) is 3.65. The minimum Gasteiger partial charge on any atom is -0.393 e. The normalized spacial score (nSPS) is 30.6. The van der Waals surface area contributed by atoms with E-state index in [0.29, 0.717) is 12.5 Å². The van der Waals surface area contributed by atoms with Crippen molar-refractivity contribution in [3.63, 3.8) is 0 Å². The maximum Gasteiger partial charge on any atom is 0.0940 e. The molecular weight excluding hydrogens is 264 g/mol. The summed E-state index contributed by atoms with van der Waals surface area (Å²) in [5.74, 6) is 0.372. The van der Waals surface area contributed by atoms with Crippen LogP contribution in [0.3, 0.4) is 0 Å². The molecule has 3 rings (SSSR count). The fourth-order valence-electron chi connectivity index (χ4n) is 3.65. The summed E-state index contributed by atoms with van der Waals surface area (Å²) in [5.41, 5.74) is 1.26. The van der Waals surface area contributed by atoms with Gasteiger partial charge in [-0.2, -0.15) is 0 Å². The van der Waals surface area contributed by atoms with Gasteiger partial charge in [-0.15, -0.1) is 0 Å². The first kappa shape index (κ1) is 15.0. The molecule has 1 spiro atoms. The Labute approximate surface area is 127 Å². The van der Waals surface area contributed by atoms with Gasteiger partial charge in [-0.3, -0.25) is 0 Å². The van der Waals surface area contributed by atoms with Crippen LogP contribution in [0.5, 0.6) is 0 Å². The highest BCUT2D eigenvalue weighted by Gasteiger charge is 2.42. The van der Waals surface area contributed by atoms with E-state index in [1.165, 1.54) is 5.56 Å². The van der Waals surface area contributed by atoms with Gasteiger partial charge in [0, 0.05) is 19.6 Å². The molecule has 2 fully saturated rings. The summed E-state index contributed by atoms with van der Waals surface area (Å²) in [6.45, 7) is 2.28. The number of aliphatic hydroxyl groups excluding tert-OH is 1. The van der Waals surface area contributed by atoms with E-state index in [-0.39, 0.29) is 11.7 Å². The van der Waals surface area contributed by atoms with Crippen molar-refractivity contribution < 1.29 is 14.6 Å². The minimum absolute atomic E-state index is 0.0939. The first-order chi connectivity index (χ1) is 10.3. The number of hydrogen-bond acceptors (Lipinski definition) is 3. The third-order valence-corrected chi connectivity index (χ3v) is 4.95. The topological polar surface area (TPSA) is 38.7 Å². The van der Waals surface area contributed by atoms with Gasteiger partial charge in [-0.05, 0) is 43.6 Å². The molecule has 0 amide bonds.